The molecule has 3 aliphatic rings. The number of nitriles is 1. The maximum Gasteiger partial charge on any atom is 0.205 e. The van der Waals surface area contributed by atoms with Crippen LogP contribution in [0.25, 0.3) is 0 Å². The number of allylic oxidation sites excluding steroid dienone is 3. The molecule has 1 aromatic rings. The fraction of sp³-hybridized carbons (Fsp3) is 0.500. The maximum absolute atomic E-state index is 13.2. The monoisotopic (exact) mass is 486 g/mol. The number of Topliss-reactive ketones (excluding diaryl/α,β-unsaturated/α-hetero) is 1. The van der Waals surface area contributed by atoms with Crippen LogP contribution in [-0.4, -0.2) is 19.0 Å². The summed E-state index contributed by atoms with van der Waals surface area (Å²) in [5, 5.41) is 9.84. The summed E-state index contributed by atoms with van der Waals surface area (Å²) in [6.07, 6.45) is 5.52. The number of hydrogen-bond donors (Lipinski definition) is 1. The van der Waals surface area contributed by atoms with Gasteiger partial charge in [0.2, 0.25) is 5.88 Å². The first-order valence-electron chi connectivity index (χ1n) is 10.6. The standard InChI is InChI=1S/C24H27BrN2O4/c1-24(2)10-17(28)21-19(11-24)31-23(27)15(12-26)20(21)13-8-16(25)22(18(9-13)29-3)30-14-6-4-5-7-14/h8-9,14,20H,4-7,10-11,27H2,1-3H3/t20-/m1/s1. The van der Waals surface area contributed by atoms with Gasteiger partial charge < -0.3 is 19.9 Å². The molecule has 0 bridgehead atoms. The van der Waals surface area contributed by atoms with Crippen LogP contribution < -0.4 is 15.2 Å². The minimum absolute atomic E-state index is 0.0159. The lowest BCUT2D eigenvalue weighted by Crippen LogP contribution is -2.33. The maximum atomic E-state index is 13.2. The van der Waals surface area contributed by atoms with E-state index in [1.54, 1.807) is 7.11 Å². The molecular weight excluding hydrogens is 460 g/mol. The van der Waals surface area contributed by atoms with Crippen molar-refractivity contribution in [2.75, 3.05) is 7.11 Å². The zero-order valence-corrected chi connectivity index (χ0v) is 19.7. The molecule has 1 heterocycles. The summed E-state index contributed by atoms with van der Waals surface area (Å²) >= 11 is 3.62. The van der Waals surface area contributed by atoms with E-state index in [1.165, 1.54) is 0 Å². The zero-order chi connectivity index (χ0) is 22.3. The highest BCUT2D eigenvalue weighted by Gasteiger charge is 2.43. The molecule has 1 atom stereocenters. The first-order chi connectivity index (χ1) is 14.7. The largest absolute Gasteiger partial charge is 0.493 e. The van der Waals surface area contributed by atoms with Gasteiger partial charge in [0.1, 0.15) is 17.4 Å². The van der Waals surface area contributed by atoms with Crippen LogP contribution in [0.4, 0.5) is 0 Å². The van der Waals surface area contributed by atoms with E-state index in [9.17, 15) is 10.1 Å². The number of carbonyl (C=O) groups excluding carboxylic acids is 1. The van der Waals surface area contributed by atoms with E-state index in [1.807, 2.05) is 26.0 Å². The molecule has 6 nitrogen and oxygen atoms in total. The Balaban J connectivity index is 1.81. The fourth-order valence-corrected chi connectivity index (χ4v) is 5.36. The van der Waals surface area contributed by atoms with Gasteiger partial charge in [0.15, 0.2) is 17.3 Å². The minimum atomic E-state index is -0.594. The smallest absolute Gasteiger partial charge is 0.205 e. The quantitative estimate of drug-likeness (QED) is 0.625. The first kappa shape index (κ1) is 21.8. The van der Waals surface area contributed by atoms with E-state index in [2.05, 4.69) is 22.0 Å². The lowest BCUT2D eigenvalue weighted by molar-refractivity contribution is -0.119. The van der Waals surface area contributed by atoms with Gasteiger partial charge in [-0.2, -0.15) is 5.26 Å². The average molecular weight is 487 g/mol. The predicted molar refractivity (Wildman–Crippen MR) is 119 cm³/mol. The molecule has 4 rings (SSSR count). The number of halogens is 1. The van der Waals surface area contributed by atoms with E-state index in [-0.39, 0.29) is 28.8 Å². The van der Waals surface area contributed by atoms with Crippen molar-refractivity contribution in [2.24, 2.45) is 11.1 Å². The summed E-state index contributed by atoms with van der Waals surface area (Å²) in [7, 11) is 1.59. The van der Waals surface area contributed by atoms with Crippen molar-refractivity contribution in [2.45, 2.75) is 64.4 Å². The topological polar surface area (TPSA) is 94.6 Å². The molecule has 1 saturated carbocycles. The number of carbonyl (C=O) groups is 1. The van der Waals surface area contributed by atoms with E-state index < -0.39 is 5.92 Å². The molecule has 1 aliphatic heterocycles. The fourth-order valence-electron chi connectivity index (χ4n) is 4.81. The van der Waals surface area contributed by atoms with Gasteiger partial charge in [0.05, 0.1) is 23.6 Å². The average Bonchev–Trinajstić information content (AvgIpc) is 3.20. The second-order valence-corrected chi connectivity index (χ2v) is 10.1. The van der Waals surface area contributed by atoms with Crippen molar-refractivity contribution >= 4 is 21.7 Å². The normalized spacial score (nSPS) is 23.3. The van der Waals surface area contributed by atoms with E-state index in [4.69, 9.17) is 19.9 Å². The highest BCUT2D eigenvalue weighted by Crippen LogP contribution is 2.50. The van der Waals surface area contributed by atoms with Gasteiger partial charge in [-0.15, -0.1) is 0 Å². The van der Waals surface area contributed by atoms with Crippen LogP contribution in [0.2, 0.25) is 0 Å². The third-order valence-corrected chi connectivity index (χ3v) is 6.84. The lowest BCUT2D eigenvalue weighted by Gasteiger charge is -2.37. The molecule has 1 fully saturated rings. The van der Waals surface area contributed by atoms with Gasteiger partial charge in [-0.25, -0.2) is 0 Å². The van der Waals surface area contributed by atoms with Gasteiger partial charge in [-0.1, -0.05) is 13.8 Å². The second kappa shape index (κ2) is 8.23. The van der Waals surface area contributed by atoms with Crippen LogP contribution in [0, 0.1) is 16.7 Å². The highest BCUT2D eigenvalue weighted by atomic mass is 79.9. The van der Waals surface area contributed by atoms with Crippen molar-refractivity contribution in [3.63, 3.8) is 0 Å². The number of methoxy groups -OCH3 is 1. The summed E-state index contributed by atoms with van der Waals surface area (Å²) in [5.41, 5.74) is 7.41. The molecule has 2 aliphatic carbocycles. The van der Waals surface area contributed by atoms with Gasteiger partial charge in [0.25, 0.3) is 0 Å². The molecule has 7 heteroatoms. The molecule has 31 heavy (non-hydrogen) atoms. The number of rotatable bonds is 4. The van der Waals surface area contributed by atoms with Crippen molar-refractivity contribution in [3.05, 3.63) is 45.0 Å². The van der Waals surface area contributed by atoms with Crippen LogP contribution in [0.5, 0.6) is 11.5 Å². The summed E-state index contributed by atoms with van der Waals surface area (Å²) < 4.78 is 18.4. The number of benzene rings is 1. The van der Waals surface area contributed by atoms with Gasteiger partial charge in [-0.05, 0) is 64.7 Å². The molecule has 0 aromatic heterocycles. The Morgan fingerprint density at radius 1 is 1.26 bits per heavy atom. The molecular formula is C24H27BrN2O4. The first-order valence-corrected chi connectivity index (χ1v) is 11.4. The summed E-state index contributed by atoms with van der Waals surface area (Å²) in [5.74, 6) is 1.21. The van der Waals surface area contributed by atoms with Crippen molar-refractivity contribution in [1.82, 2.24) is 0 Å². The van der Waals surface area contributed by atoms with Gasteiger partial charge in [-0.3, -0.25) is 4.79 Å². The van der Waals surface area contributed by atoms with E-state index >= 15 is 0 Å². The number of ether oxygens (including phenoxy) is 3. The lowest BCUT2D eigenvalue weighted by atomic mass is 9.70. The molecule has 164 valence electrons. The summed E-state index contributed by atoms with van der Waals surface area (Å²) in [4.78, 5) is 13.2. The second-order valence-electron chi connectivity index (χ2n) is 9.26. The molecule has 0 radical (unpaired) electrons. The Morgan fingerprint density at radius 2 is 1.97 bits per heavy atom. The number of nitrogens with two attached hydrogens (primary N) is 1. The molecule has 0 amide bonds. The molecule has 2 N–H and O–H groups in total. The Labute approximate surface area is 191 Å². The molecule has 0 saturated heterocycles. The molecule has 1 aromatic carbocycles. The van der Waals surface area contributed by atoms with Crippen LogP contribution in [0.15, 0.2) is 39.4 Å². The summed E-state index contributed by atoms with van der Waals surface area (Å²) in [6, 6.07) is 5.90. The third-order valence-electron chi connectivity index (χ3n) is 6.25. The molecule has 0 spiro atoms. The van der Waals surface area contributed by atoms with E-state index in [0.29, 0.717) is 35.7 Å². The SMILES string of the molecule is COc1cc([C@@H]2C(C#N)=C(N)OC3=C2C(=O)CC(C)(C)C3)cc(Br)c1OC1CCCC1. The number of ketones is 1. The minimum Gasteiger partial charge on any atom is -0.493 e. The molecule has 0 unspecified atom stereocenters. The third kappa shape index (κ3) is 4.06. The predicted octanol–water partition coefficient (Wildman–Crippen LogP) is 5.23. The Kier molecular flexibility index (Phi) is 5.78. The van der Waals surface area contributed by atoms with Crippen LogP contribution >= 0.6 is 15.9 Å². The number of hydrogen-bond acceptors (Lipinski definition) is 6. The van der Waals surface area contributed by atoms with Crippen molar-refractivity contribution in [1.29, 1.82) is 5.26 Å². The van der Waals surface area contributed by atoms with Crippen molar-refractivity contribution < 1.29 is 19.0 Å². The van der Waals surface area contributed by atoms with E-state index in [0.717, 1.165) is 35.7 Å². The Morgan fingerprint density at radius 3 is 2.61 bits per heavy atom. The Hall–Kier alpha value is -2.46. The van der Waals surface area contributed by atoms with Gasteiger partial charge in [0, 0.05) is 18.4 Å². The Bertz CT molecular complexity index is 1030. The highest BCUT2D eigenvalue weighted by molar-refractivity contribution is 9.10. The number of nitrogens with zero attached hydrogens (tertiary/aromatic N) is 1. The summed E-state index contributed by atoms with van der Waals surface area (Å²) in [6.45, 7) is 4.06. The van der Waals surface area contributed by atoms with Crippen LogP contribution in [0.3, 0.4) is 0 Å². The van der Waals surface area contributed by atoms with Crippen molar-refractivity contribution in [3.8, 4) is 17.6 Å². The zero-order valence-electron chi connectivity index (χ0n) is 18.1. The van der Waals surface area contributed by atoms with Crippen LogP contribution in [-0.2, 0) is 9.53 Å². The van der Waals surface area contributed by atoms with Gasteiger partial charge >= 0.3 is 0 Å². The van der Waals surface area contributed by atoms with Crippen LogP contribution in [0.1, 0.15) is 63.9 Å².